The van der Waals surface area contributed by atoms with E-state index in [2.05, 4.69) is 45.9 Å². The Labute approximate surface area is 322 Å². The monoisotopic (exact) mass is 773 g/mol. The van der Waals surface area contributed by atoms with Crippen LogP contribution in [-0.4, -0.2) is 64.2 Å². The average Bonchev–Trinajstić information content (AvgIpc) is 3.95. The van der Waals surface area contributed by atoms with Crippen molar-refractivity contribution in [3.63, 3.8) is 0 Å². The van der Waals surface area contributed by atoms with Crippen LogP contribution in [-0.2, 0) is 57.7 Å². The van der Waals surface area contributed by atoms with Gasteiger partial charge in [-0.2, -0.15) is 0 Å². The molecule has 6 aromatic rings. The van der Waals surface area contributed by atoms with Gasteiger partial charge >= 0.3 is 5.97 Å². The van der Waals surface area contributed by atoms with Crippen molar-refractivity contribution in [2.24, 2.45) is 11.8 Å². The molecular formula is C39H35N9O5S2. The Kier molecular flexibility index (Phi) is 9.01. The Morgan fingerprint density at radius 1 is 0.727 bits per heavy atom. The number of fused-ring (bicyclic) bond motifs is 8. The van der Waals surface area contributed by atoms with Gasteiger partial charge in [0.25, 0.3) is 0 Å². The van der Waals surface area contributed by atoms with Crippen molar-refractivity contribution in [2.75, 3.05) is 17.7 Å². The standard InChI is InChI=1S/C20H19N5O2S.C19H16N4O3S/c1-21-20(27)11-3-5-14-13(6-11)17-18(22-9-23-19(17)25-14)24-12-4-2-10-7-16(26)28-15(10)8-12;24-15-6-9-1-3-11(7-14(9)27-15)22-17-16-12-5-10(19(25)26)2-4-13(12)23-18(16)21-8-20-17/h2,4,8-9,11H,3,5-7H2,1H3,(H,21,27)(H2,22,23,24,25);1,3,7-8,10H,2,4-6H2,(H,25,26)(H2,20,21,22,23). The van der Waals surface area contributed by atoms with Crippen LogP contribution in [0.25, 0.3) is 22.1 Å². The molecule has 0 saturated heterocycles. The molecule has 278 valence electrons. The molecule has 55 heavy (non-hydrogen) atoms. The largest absolute Gasteiger partial charge is 0.481 e. The maximum absolute atomic E-state index is 12.1. The minimum atomic E-state index is -0.762. The summed E-state index contributed by atoms with van der Waals surface area (Å²) in [5, 5.41) is 21.0. The van der Waals surface area contributed by atoms with Crippen molar-refractivity contribution < 1.29 is 24.3 Å². The maximum Gasteiger partial charge on any atom is 0.306 e. The van der Waals surface area contributed by atoms with Gasteiger partial charge in [-0.1, -0.05) is 35.7 Å². The molecule has 2 aliphatic carbocycles. The fourth-order valence-electron chi connectivity index (χ4n) is 7.96. The van der Waals surface area contributed by atoms with E-state index < -0.39 is 5.97 Å². The van der Waals surface area contributed by atoms with E-state index in [0.29, 0.717) is 55.8 Å². The minimum Gasteiger partial charge on any atom is -0.481 e. The molecule has 10 rings (SSSR count). The molecule has 16 heteroatoms. The highest BCUT2D eigenvalue weighted by Crippen LogP contribution is 2.40. The SMILES string of the molecule is CNC(=O)C1CCc2[nH]c3ncnc(Nc4ccc5c(c4)SC(=O)C5)c3c2C1.O=C1Cc2ccc(Nc3ncnc4[nH]c5c(c34)CC(C(=O)O)CC5)cc2S1. The summed E-state index contributed by atoms with van der Waals surface area (Å²) in [6.45, 7) is 0. The zero-order valence-electron chi connectivity index (χ0n) is 29.6. The Morgan fingerprint density at radius 3 is 1.71 bits per heavy atom. The van der Waals surface area contributed by atoms with Crippen LogP contribution in [0.2, 0.25) is 0 Å². The first kappa shape index (κ1) is 35.0. The molecule has 2 aromatic carbocycles. The van der Waals surface area contributed by atoms with Crippen molar-refractivity contribution >= 4 is 90.7 Å². The number of aliphatic carboxylic acids is 1. The van der Waals surface area contributed by atoms with E-state index in [1.165, 1.54) is 36.2 Å². The van der Waals surface area contributed by atoms with E-state index in [-0.39, 0.29) is 28.0 Å². The lowest BCUT2D eigenvalue weighted by Gasteiger charge is -2.21. The smallest absolute Gasteiger partial charge is 0.306 e. The zero-order valence-corrected chi connectivity index (χ0v) is 31.2. The van der Waals surface area contributed by atoms with Gasteiger partial charge in [-0.3, -0.25) is 19.2 Å². The average molecular weight is 774 g/mol. The number of nitrogens with zero attached hydrogens (tertiary/aromatic N) is 4. The summed E-state index contributed by atoms with van der Waals surface area (Å²) in [6, 6.07) is 11.8. The predicted octanol–water partition coefficient (Wildman–Crippen LogP) is 5.79. The van der Waals surface area contributed by atoms with E-state index in [1.807, 2.05) is 36.4 Å². The number of H-pyrrole nitrogens is 2. The third kappa shape index (κ3) is 6.69. The molecule has 2 unspecified atom stereocenters. The summed E-state index contributed by atoms with van der Waals surface area (Å²) < 4.78 is 0. The van der Waals surface area contributed by atoms with Gasteiger partial charge in [0, 0.05) is 58.4 Å². The Balaban J connectivity index is 0.000000144. The number of amides is 1. The second-order valence-electron chi connectivity index (χ2n) is 14.1. The number of aromatic nitrogens is 6. The third-order valence-electron chi connectivity index (χ3n) is 10.7. The number of benzene rings is 2. The highest BCUT2D eigenvalue weighted by molar-refractivity contribution is 8.14. The molecule has 4 aromatic heterocycles. The van der Waals surface area contributed by atoms with Crippen LogP contribution in [0.3, 0.4) is 0 Å². The Bertz CT molecular complexity index is 2580. The van der Waals surface area contributed by atoms with E-state index in [0.717, 1.165) is 84.1 Å². The van der Waals surface area contributed by atoms with E-state index >= 15 is 0 Å². The number of hydrogen-bond acceptors (Lipinski definition) is 12. The van der Waals surface area contributed by atoms with Gasteiger partial charge in [-0.15, -0.1) is 0 Å². The number of hydrogen-bond donors (Lipinski definition) is 6. The minimum absolute atomic E-state index is 0.0352. The molecule has 4 aliphatic rings. The van der Waals surface area contributed by atoms with Crippen LogP contribution in [0.1, 0.15) is 46.5 Å². The van der Waals surface area contributed by atoms with Gasteiger partial charge < -0.3 is 31.0 Å². The number of carboxylic acid groups (broad SMARTS) is 1. The summed E-state index contributed by atoms with van der Waals surface area (Å²) in [7, 11) is 1.68. The van der Waals surface area contributed by atoms with Gasteiger partial charge in [0.2, 0.25) is 5.91 Å². The third-order valence-corrected chi connectivity index (χ3v) is 12.6. The molecule has 0 radical (unpaired) electrons. The number of nitrogens with one attached hydrogen (secondary N) is 5. The van der Waals surface area contributed by atoms with Crippen molar-refractivity contribution in [1.29, 1.82) is 0 Å². The number of carbonyl (C=O) groups excluding carboxylic acids is 3. The highest BCUT2D eigenvalue weighted by atomic mass is 32.2. The highest BCUT2D eigenvalue weighted by Gasteiger charge is 2.30. The lowest BCUT2D eigenvalue weighted by molar-refractivity contribution is -0.142. The number of thioether (sulfide) groups is 2. The molecule has 2 aliphatic heterocycles. The Morgan fingerprint density at radius 2 is 1.22 bits per heavy atom. The van der Waals surface area contributed by atoms with Crippen LogP contribution < -0.4 is 16.0 Å². The molecule has 2 atom stereocenters. The first-order valence-corrected chi connectivity index (χ1v) is 19.7. The van der Waals surface area contributed by atoms with Gasteiger partial charge in [0.15, 0.2) is 10.2 Å². The molecule has 0 bridgehead atoms. The number of carboxylic acids is 1. The van der Waals surface area contributed by atoms with Crippen LogP contribution >= 0.6 is 23.5 Å². The fraction of sp³-hybridized carbons (Fsp3) is 0.282. The van der Waals surface area contributed by atoms with Gasteiger partial charge in [0.05, 0.1) is 16.7 Å². The molecule has 14 nitrogen and oxygen atoms in total. The first-order chi connectivity index (χ1) is 26.7. The van der Waals surface area contributed by atoms with Gasteiger partial charge in [-0.25, -0.2) is 19.9 Å². The number of aromatic amines is 2. The predicted molar refractivity (Wildman–Crippen MR) is 209 cm³/mol. The number of anilines is 4. The van der Waals surface area contributed by atoms with E-state index in [9.17, 15) is 24.3 Å². The van der Waals surface area contributed by atoms with Crippen LogP contribution in [0, 0.1) is 11.8 Å². The molecule has 1 amide bonds. The number of aryl methyl sites for hydroxylation is 2. The van der Waals surface area contributed by atoms with E-state index in [1.54, 1.807) is 7.05 Å². The van der Waals surface area contributed by atoms with Crippen molar-refractivity contribution in [2.45, 2.75) is 61.2 Å². The molecule has 0 saturated carbocycles. The van der Waals surface area contributed by atoms with Crippen LogP contribution in [0.5, 0.6) is 0 Å². The second kappa shape index (κ2) is 14.2. The molecule has 0 spiro atoms. The zero-order chi connectivity index (χ0) is 37.8. The van der Waals surface area contributed by atoms with Crippen LogP contribution in [0.15, 0.2) is 58.8 Å². The maximum atomic E-state index is 12.1. The van der Waals surface area contributed by atoms with Crippen LogP contribution in [0.4, 0.5) is 23.0 Å². The summed E-state index contributed by atoms with van der Waals surface area (Å²) in [6.07, 6.45) is 8.10. The quantitative estimate of drug-likeness (QED) is 0.119. The van der Waals surface area contributed by atoms with Crippen molar-refractivity contribution in [3.05, 3.63) is 82.7 Å². The van der Waals surface area contributed by atoms with Gasteiger partial charge in [-0.05, 0) is 85.0 Å². The first-order valence-electron chi connectivity index (χ1n) is 18.0. The lowest BCUT2D eigenvalue weighted by Crippen LogP contribution is -2.31. The normalized spacial score (nSPS) is 18.2. The molecule has 0 fully saturated rings. The number of rotatable bonds is 6. The topological polar surface area (TPSA) is 208 Å². The summed E-state index contributed by atoms with van der Waals surface area (Å²) in [5.41, 5.74) is 9.62. The lowest BCUT2D eigenvalue weighted by atomic mass is 9.86. The summed E-state index contributed by atoms with van der Waals surface area (Å²) in [5.74, 6) is 0.263. The van der Waals surface area contributed by atoms with Crippen molar-refractivity contribution in [1.82, 2.24) is 35.2 Å². The molecule has 6 N–H and O–H groups in total. The molecule has 6 heterocycles. The second-order valence-corrected chi connectivity index (χ2v) is 16.3. The molecular weight excluding hydrogens is 739 g/mol. The van der Waals surface area contributed by atoms with Crippen molar-refractivity contribution in [3.8, 4) is 0 Å². The summed E-state index contributed by atoms with van der Waals surface area (Å²) in [4.78, 5) is 73.1. The van der Waals surface area contributed by atoms with Gasteiger partial charge in [0.1, 0.15) is 35.6 Å². The Hall–Kier alpha value is -5.74. The van der Waals surface area contributed by atoms with E-state index in [4.69, 9.17) is 0 Å². The summed E-state index contributed by atoms with van der Waals surface area (Å²) >= 11 is 2.55. The fourth-order valence-corrected chi connectivity index (χ4v) is 9.82. The number of carbonyl (C=O) groups is 4.